The first kappa shape index (κ1) is 10.3. The van der Waals surface area contributed by atoms with Crippen LogP contribution in [0.25, 0.3) is 0 Å². The van der Waals surface area contributed by atoms with E-state index in [9.17, 15) is 0 Å². The van der Waals surface area contributed by atoms with Gasteiger partial charge in [0, 0.05) is 18.7 Å². The lowest BCUT2D eigenvalue weighted by atomic mass is 10.1. The Morgan fingerprint density at radius 2 is 2.00 bits per heavy atom. The summed E-state index contributed by atoms with van der Waals surface area (Å²) in [5.74, 6) is 0. The second-order valence-electron chi connectivity index (χ2n) is 2.53. The van der Waals surface area contributed by atoms with Crippen molar-refractivity contribution in [1.29, 1.82) is 10.8 Å². The maximum absolute atomic E-state index is 8.46. The summed E-state index contributed by atoms with van der Waals surface area (Å²) in [5.41, 5.74) is 0.623. The first-order chi connectivity index (χ1) is 5.31. The van der Waals surface area contributed by atoms with Crippen molar-refractivity contribution in [3.8, 4) is 0 Å². The van der Waals surface area contributed by atoms with Crippen LogP contribution in [0.15, 0.2) is 0 Å². The van der Waals surface area contributed by atoms with Gasteiger partial charge in [0.1, 0.15) is 0 Å². The molecule has 3 nitrogen and oxygen atoms in total. The third-order valence-corrected chi connectivity index (χ3v) is 1.49. The van der Waals surface area contributed by atoms with Gasteiger partial charge < -0.3 is 15.9 Å². The molecular weight excluding hydrogens is 140 g/mol. The number of aliphatic hydroxyl groups excluding tert-OH is 1. The van der Waals surface area contributed by atoms with Crippen LogP contribution in [0.2, 0.25) is 0 Å². The summed E-state index contributed by atoms with van der Waals surface area (Å²) in [4.78, 5) is 0. The zero-order chi connectivity index (χ0) is 8.53. The predicted molar refractivity (Wildman–Crippen MR) is 46.7 cm³/mol. The number of hydrogen-bond acceptors (Lipinski definition) is 3. The highest BCUT2D eigenvalue weighted by molar-refractivity contribution is 5.81. The van der Waals surface area contributed by atoms with Gasteiger partial charge >= 0.3 is 0 Å². The molecule has 0 rings (SSSR count). The lowest BCUT2D eigenvalue weighted by molar-refractivity contribution is 0.306. The van der Waals surface area contributed by atoms with Gasteiger partial charge in [0.2, 0.25) is 0 Å². The van der Waals surface area contributed by atoms with Crippen LogP contribution in [-0.2, 0) is 0 Å². The Morgan fingerprint density at radius 3 is 2.55 bits per heavy atom. The van der Waals surface area contributed by atoms with Crippen molar-refractivity contribution in [1.82, 2.24) is 0 Å². The van der Waals surface area contributed by atoms with Gasteiger partial charge in [-0.2, -0.15) is 0 Å². The highest BCUT2D eigenvalue weighted by Crippen LogP contribution is 2.00. The predicted octanol–water partition coefficient (Wildman–Crippen LogP) is 1.60. The Kier molecular flexibility index (Phi) is 6.94. The van der Waals surface area contributed by atoms with Crippen LogP contribution >= 0.6 is 0 Å². The monoisotopic (exact) mass is 156 g/mol. The number of unbranched alkanes of at least 4 members (excludes halogenated alkanes) is 2. The van der Waals surface area contributed by atoms with Gasteiger partial charge in [-0.15, -0.1) is 0 Å². The summed E-state index contributed by atoms with van der Waals surface area (Å²) in [5, 5.41) is 22.5. The maximum Gasteiger partial charge on any atom is 0.0483 e. The SMILES string of the molecule is N=CCCCCC(=N)CCO. The Morgan fingerprint density at radius 1 is 1.27 bits per heavy atom. The van der Waals surface area contributed by atoms with Gasteiger partial charge in [0.05, 0.1) is 0 Å². The molecule has 0 atom stereocenters. The van der Waals surface area contributed by atoms with E-state index in [0.717, 1.165) is 25.7 Å². The van der Waals surface area contributed by atoms with Crippen LogP contribution in [-0.4, -0.2) is 23.6 Å². The fourth-order valence-corrected chi connectivity index (χ4v) is 0.845. The van der Waals surface area contributed by atoms with Crippen molar-refractivity contribution in [3.05, 3.63) is 0 Å². The summed E-state index contributed by atoms with van der Waals surface area (Å²) in [6, 6.07) is 0. The molecule has 0 aromatic rings. The minimum absolute atomic E-state index is 0.0867. The molecule has 0 spiro atoms. The molecule has 11 heavy (non-hydrogen) atoms. The van der Waals surface area contributed by atoms with E-state index in [2.05, 4.69) is 0 Å². The van der Waals surface area contributed by atoms with E-state index in [4.69, 9.17) is 15.9 Å². The van der Waals surface area contributed by atoms with Crippen molar-refractivity contribution in [2.24, 2.45) is 0 Å². The van der Waals surface area contributed by atoms with Gasteiger partial charge in [-0.25, -0.2) is 0 Å². The van der Waals surface area contributed by atoms with Crippen molar-refractivity contribution >= 4 is 11.9 Å². The van der Waals surface area contributed by atoms with E-state index in [1.165, 1.54) is 6.21 Å². The molecule has 0 aliphatic rings. The zero-order valence-electron chi connectivity index (χ0n) is 6.77. The zero-order valence-corrected chi connectivity index (χ0v) is 6.77. The molecule has 0 saturated heterocycles. The second kappa shape index (κ2) is 7.41. The van der Waals surface area contributed by atoms with Crippen LogP contribution < -0.4 is 0 Å². The molecule has 0 unspecified atom stereocenters. The first-order valence-electron chi connectivity index (χ1n) is 3.97. The van der Waals surface area contributed by atoms with Crippen LogP contribution in [0.4, 0.5) is 0 Å². The van der Waals surface area contributed by atoms with Crippen molar-refractivity contribution in [3.63, 3.8) is 0 Å². The Hall–Kier alpha value is -0.700. The van der Waals surface area contributed by atoms with Crippen LogP contribution in [0.3, 0.4) is 0 Å². The molecule has 0 fully saturated rings. The van der Waals surface area contributed by atoms with Gasteiger partial charge in [0.25, 0.3) is 0 Å². The Balaban J connectivity index is 3.10. The molecule has 0 aromatic heterocycles. The fraction of sp³-hybridized carbons (Fsp3) is 0.750. The van der Waals surface area contributed by atoms with Gasteiger partial charge in [-0.1, -0.05) is 0 Å². The quantitative estimate of drug-likeness (QED) is 0.380. The maximum atomic E-state index is 8.46. The highest BCUT2D eigenvalue weighted by Gasteiger charge is 1.94. The van der Waals surface area contributed by atoms with E-state index in [1.54, 1.807) is 0 Å². The van der Waals surface area contributed by atoms with Crippen LogP contribution in [0, 0.1) is 10.8 Å². The van der Waals surface area contributed by atoms with Crippen molar-refractivity contribution in [2.45, 2.75) is 32.1 Å². The highest BCUT2D eigenvalue weighted by atomic mass is 16.2. The molecule has 0 aromatic carbocycles. The minimum atomic E-state index is 0.0867. The lowest BCUT2D eigenvalue weighted by Gasteiger charge is -1.99. The molecule has 0 amide bonds. The molecule has 0 radical (unpaired) electrons. The molecule has 0 aliphatic heterocycles. The third-order valence-electron chi connectivity index (χ3n) is 1.49. The lowest BCUT2D eigenvalue weighted by Crippen LogP contribution is -1.99. The van der Waals surface area contributed by atoms with Crippen molar-refractivity contribution in [2.75, 3.05) is 6.61 Å². The van der Waals surface area contributed by atoms with E-state index in [1.807, 2.05) is 0 Å². The largest absolute Gasteiger partial charge is 0.396 e. The molecule has 64 valence electrons. The summed E-state index contributed by atoms with van der Waals surface area (Å²) in [6.45, 7) is 0.0867. The molecule has 0 saturated carbocycles. The Labute approximate surface area is 67.5 Å². The number of hydrogen-bond donors (Lipinski definition) is 3. The summed E-state index contributed by atoms with van der Waals surface area (Å²) < 4.78 is 0. The van der Waals surface area contributed by atoms with E-state index >= 15 is 0 Å². The van der Waals surface area contributed by atoms with Crippen LogP contribution in [0.5, 0.6) is 0 Å². The summed E-state index contributed by atoms with van der Waals surface area (Å²) in [7, 11) is 0. The van der Waals surface area contributed by atoms with Gasteiger partial charge in [0.15, 0.2) is 0 Å². The molecule has 0 aliphatic carbocycles. The number of nitrogens with one attached hydrogen (secondary N) is 2. The topological polar surface area (TPSA) is 67.9 Å². The van der Waals surface area contributed by atoms with Gasteiger partial charge in [-0.05, 0) is 31.9 Å². The minimum Gasteiger partial charge on any atom is -0.396 e. The number of aliphatic hydroxyl groups is 1. The third kappa shape index (κ3) is 7.19. The summed E-state index contributed by atoms with van der Waals surface area (Å²) in [6.07, 6.45) is 5.44. The standard InChI is InChI=1S/C8H16N2O/c9-6-3-1-2-4-8(10)5-7-11/h6,9-11H,1-5,7H2. The second-order valence-corrected chi connectivity index (χ2v) is 2.53. The molecule has 0 heterocycles. The molecular formula is C8H16N2O. The first-order valence-corrected chi connectivity index (χ1v) is 3.97. The fourth-order valence-electron chi connectivity index (χ4n) is 0.845. The van der Waals surface area contributed by atoms with Crippen molar-refractivity contribution < 1.29 is 5.11 Å². The molecule has 0 bridgehead atoms. The number of rotatable bonds is 7. The molecule has 3 heteroatoms. The van der Waals surface area contributed by atoms with E-state index < -0.39 is 0 Å². The van der Waals surface area contributed by atoms with Gasteiger partial charge in [-0.3, -0.25) is 0 Å². The smallest absolute Gasteiger partial charge is 0.0483 e. The summed E-state index contributed by atoms with van der Waals surface area (Å²) >= 11 is 0. The average molecular weight is 156 g/mol. The average Bonchev–Trinajstić information content (AvgIpc) is 1.99. The van der Waals surface area contributed by atoms with E-state index in [-0.39, 0.29) is 6.61 Å². The van der Waals surface area contributed by atoms with Crippen LogP contribution in [0.1, 0.15) is 32.1 Å². The van der Waals surface area contributed by atoms with E-state index in [0.29, 0.717) is 12.1 Å². The molecule has 3 N–H and O–H groups in total. The Bertz CT molecular complexity index is 123. The normalized spacial score (nSPS) is 9.55.